The molecule has 2 aromatic rings. The lowest BCUT2D eigenvalue weighted by Gasteiger charge is -2.22. The van der Waals surface area contributed by atoms with Gasteiger partial charge in [0.25, 0.3) is 0 Å². The Morgan fingerprint density at radius 3 is 2.24 bits per heavy atom. The predicted octanol–water partition coefficient (Wildman–Crippen LogP) is 2.99. The fourth-order valence-electron chi connectivity index (χ4n) is 3.88. The first-order valence-corrected chi connectivity index (χ1v) is 10.4. The Kier molecular flexibility index (Phi) is 5.81. The van der Waals surface area contributed by atoms with Crippen molar-refractivity contribution in [3.05, 3.63) is 59.7 Å². The smallest absolute Gasteiger partial charge is 0.248 e. The lowest BCUT2D eigenvalue weighted by Crippen LogP contribution is -2.34. The minimum absolute atomic E-state index is 0.000390. The Hall–Kier alpha value is -2.86. The summed E-state index contributed by atoms with van der Waals surface area (Å²) in [7, 11) is 0. The molecule has 2 aromatic carbocycles. The van der Waals surface area contributed by atoms with Crippen molar-refractivity contribution < 1.29 is 9.59 Å². The molecular formula is C23H28N4O2. The van der Waals surface area contributed by atoms with E-state index in [1.807, 2.05) is 24.3 Å². The molecule has 2 aliphatic rings. The average Bonchev–Trinajstić information content (AvgIpc) is 3.42. The van der Waals surface area contributed by atoms with Gasteiger partial charge in [-0.2, -0.15) is 0 Å². The molecule has 1 heterocycles. The van der Waals surface area contributed by atoms with Crippen LogP contribution in [0.2, 0.25) is 0 Å². The van der Waals surface area contributed by atoms with Gasteiger partial charge < -0.3 is 16.0 Å². The third-order valence-electron chi connectivity index (χ3n) is 5.66. The summed E-state index contributed by atoms with van der Waals surface area (Å²) in [5, 5.41) is 3.02. The standard InChI is InChI=1S/C23H28N4O2/c24-23(29)18-5-3-17(4-6-18)15-27(21-11-12-21)16-22(28)25-19-7-9-20(10-8-19)26-13-1-2-14-26/h3-10,21H,1-2,11-16H2,(H2,24,29)(H,25,28). The molecule has 1 saturated carbocycles. The van der Waals surface area contributed by atoms with Crippen LogP contribution in [0.15, 0.2) is 48.5 Å². The molecule has 6 heteroatoms. The summed E-state index contributed by atoms with van der Waals surface area (Å²) in [4.78, 5) is 28.4. The molecule has 152 valence electrons. The van der Waals surface area contributed by atoms with E-state index in [1.54, 1.807) is 12.1 Å². The summed E-state index contributed by atoms with van der Waals surface area (Å²) in [6.45, 7) is 3.27. The maximum atomic E-state index is 12.6. The summed E-state index contributed by atoms with van der Waals surface area (Å²) >= 11 is 0. The lowest BCUT2D eigenvalue weighted by atomic mass is 10.1. The van der Waals surface area contributed by atoms with Crippen molar-refractivity contribution in [1.82, 2.24) is 4.90 Å². The molecule has 3 N–H and O–H groups in total. The van der Waals surface area contributed by atoms with Crippen molar-refractivity contribution in [2.24, 2.45) is 5.73 Å². The number of rotatable bonds is 8. The van der Waals surface area contributed by atoms with Crippen LogP contribution in [0.1, 0.15) is 41.6 Å². The van der Waals surface area contributed by atoms with Crippen molar-refractivity contribution in [3.63, 3.8) is 0 Å². The van der Waals surface area contributed by atoms with Gasteiger partial charge in [0.2, 0.25) is 11.8 Å². The van der Waals surface area contributed by atoms with Gasteiger partial charge in [-0.3, -0.25) is 14.5 Å². The second kappa shape index (κ2) is 8.66. The Labute approximate surface area is 171 Å². The molecule has 29 heavy (non-hydrogen) atoms. The second-order valence-corrected chi connectivity index (χ2v) is 7.99. The highest BCUT2D eigenvalue weighted by atomic mass is 16.2. The van der Waals surface area contributed by atoms with Crippen molar-refractivity contribution in [3.8, 4) is 0 Å². The number of hydrogen-bond donors (Lipinski definition) is 2. The molecule has 0 aromatic heterocycles. The van der Waals surface area contributed by atoms with Gasteiger partial charge in [-0.15, -0.1) is 0 Å². The van der Waals surface area contributed by atoms with Gasteiger partial charge in [-0.05, 0) is 67.6 Å². The predicted molar refractivity (Wildman–Crippen MR) is 115 cm³/mol. The van der Waals surface area contributed by atoms with E-state index < -0.39 is 5.91 Å². The van der Waals surface area contributed by atoms with Crippen LogP contribution in [0, 0.1) is 0 Å². The van der Waals surface area contributed by atoms with E-state index in [0.29, 0.717) is 24.7 Å². The molecule has 1 aliphatic carbocycles. The van der Waals surface area contributed by atoms with Crippen LogP contribution in [-0.2, 0) is 11.3 Å². The molecule has 2 amide bonds. The molecule has 6 nitrogen and oxygen atoms in total. The first-order chi connectivity index (χ1) is 14.1. The quantitative estimate of drug-likeness (QED) is 0.724. The van der Waals surface area contributed by atoms with Crippen LogP contribution in [0.5, 0.6) is 0 Å². The highest BCUT2D eigenvalue weighted by Crippen LogP contribution is 2.28. The number of carbonyl (C=O) groups excluding carboxylic acids is 2. The third kappa shape index (κ3) is 5.15. The van der Waals surface area contributed by atoms with E-state index in [2.05, 4.69) is 27.2 Å². The van der Waals surface area contributed by atoms with Crippen molar-refractivity contribution in [1.29, 1.82) is 0 Å². The van der Waals surface area contributed by atoms with Gasteiger partial charge in [-0.25, -0.2) is 0 Å². The summed E-state index contributed by atoms with van der Waals surface area (Å²) in [6, 6.07) is 15.9. The van der Waals surface area contributed by atoms with Gasteiger partial charge in [0.05, 0.1) is 6.54 Å². The highest BCUT2D eigenvalue weighted by Gasteiger charge is 2.30. The average molecular weight is 393 g/mol. The molecule has 1 aliphatic heterocycles. The second-order valence-electron chi connectivity index (χ2n) is 7.99. The van der Waals surface area contributed by atoms with E-state index in [-0.39, 0.29) is 5.91 Å². The van der Waals surface area contributed by atoms with Gasteiger partial charge in [0.1, 0.15) is 0 Å². The first-order valence-electron chi connectivity index (χ1n) is 10.4. The normalized spacial score (nSPS) is 16.2. The molecule has 4 rings (SSSR count). The van der Waals surface area contributed by atoms with Gasteiger partial charge in [0, 0.05) is 42.6 Å². The van der Waals surface area contributed by atoms with E-state index in [0.717, 1.165) is 37.2 Å². The summed E-state index contributed by atoms with van der Waals surface area (Å²) in [6.07, 6.45) is 4.75. The Bertz CT molecular complexity index is 853. The number of nitrogens with zero attached hydrogens (tertiary/aromatic N) is 2. The first kappa shape index (κ1) is 19.5. The summed E-state index contributed by atoms with van der Waals surface area (Å²) in [5.41, 5.74) is 8.93. The number of primary amides is 1. The molecule has 1 saturated heterocycles. The summed E-state index contributed by atoms with van der Waals surface area (Å²) < 4.78 is 0. The van der Waals surface area contributed by atoms with Crippen LogP contribution in [0.25, 0.3) is 0 Å². The molecule has 2 fully saturated rings. The zero-order valence-electron chi connectivity index (χ0n) is 16.6. The molecule has 0 atom stereocenters. The highest BCUT2D eigenvalue weighted by molar-refractivity contribution is 5.93. The molecular weight excluding hydrogens is 364 g/mol. The number of nitrogens with two attached hydrogens (primary N) is 1. The van der Waals surface area contributed by atoms with Crippen LogP contribution >= 0.6 is 0 Å². The van der Waals surface area contributed by atoms with E-state index in [9.17, 15) is 9.59 Å². The number of anilines is 2. The Morgan fingerprint density at radius 1 is 1.00 bits per heavy atom. The summed E-state index contributed by atoms with van der Waals surface area (Å²) in [5.74, 6) is -0.426. The van der Waals surface area contributed by atoms with E-state index in [4.69, 9.17) is 5.73 Å². The fraction of sp³-hybridized carbons (Fsp3) is 0.391. The lowest BCUT2D eigenvalue weighted by molar-refractivity contribution is -0.117. The molecule has 0 unspecified atom stereocenters. The monoisotopic (exact) mass is 392 g/mol. The molecule has 0 spiro atoms. The number of carbonyl (C=O) groups is 2. The van der Waals surface area contributed by atoms with Crippen LogP contribution in [0.4, 0.5) is 11.4 Å². The third-order valence-corrected chi connectivity index (χ3v) is 5.66. The maximum absolute atomic E-state index is 12.6. The van der Waals surface area contributed by atoms with Crippen LogP contribution < -0.4 is 16.0 Å². The number of nitrogens with one attached hydrogen (secondary N) is 1. The van der Waals surface area contributed by atoms with Crippen LogP contribution in [0.3, 0.4) is 0 Å². The number of benzene rings is 2. The topological polar surface area (TPSA) is 78.7 Å². The Balaban J connectivity index is 1.33. The fourth-order valence-corrected chi connectivity index (χ4v) is 3.88. The van der Waals surface area contributed by atoms with Crippen molar-refractivity contribution in [2.75, 3.05) is 29.9 Å². The molecule has 0 radical (unpaired) electrons. The van der Waals surface area contributed by atoms with Gasteiger partial charge in [-0.1, -0.05) is 12.1 Å². The number of hydrogen-bond acceptors (Lipinski definition) is 4. The van der Waals surface area contributed by atoms with Crippen molar-refractivity contribution in [2.45, 2.75) is 38.3 Å². The minimum Gasteiger partial charge on any atom is -0.372 e. The van der Waals surface area contributed by atoms with E-state index >= 15 is 0 Å². The number of amides is 2. The SMILES string of the molecule is NC(=O)c1ccc(CN(CC(=O)Nc2ccc(N3CCCC3)cc2)C2CC2)cc1. The zero-order valence-corrected chi connectivity index (χ0v) is 16.6. The Morgan fingerprint density at radius 2 is 1.66 bits per heavy atom. The van der Waals surface area contributed by atoms with Gasteiger partial charge in [0.15, 0.2) is 0 Å². The minimum atomic E-state index is -0.425. The van der Waals surface area contributed by atoms with E-state index in [1.165, 1.54) is 18.5 Å². The van der Waals surface area contributed by atoms with Crippen LogP contribution in [-0.4, -0.2) is 42.4 Å². The zero-order chi connectivity index (χ0) is 20.2. The maximum Gasteiger partial charge on any atom is 0.248 e. The molecule has 0 bridgehead atoms. The van der Waals surface area contributed by atoms with Crippen molar-refractivity contribution >= 4 is 23.2 Å². The van der Waals surface area contributed by atoms with Gasteiger partial charge >= 0.3 is 0 Å². The largest absolute Gasteiger partial charge is 0.372 e.